The first-order chi connectivity index (χ1) is 9.52. The maximum Gasteiger partial charge on any atom is 0.352 e. The molecule has 0 radical (unpaired) electrons. The third kappa shape index (κ3) is 2.46. The maximum absolute atomic E-state index is 11.1. The number of pyridine rings is 1. The zero-order chi connectivity index (χ0) is 14.7. The van der Waals surface area contributed by atoms with Crippen LogP contribution in [0.3, 0.4) is 0 Å². The van der Waals surface area contributed by atoms with Gasteiger partial charge in [0, 0.05) is 17.8 Å². The van der Waals surface area contributed by atoms with Gasteiger partial charge in [-0.2, -0.15) is 5.26 Å². The van der Waals surface area contributed by atoms with Crippen LogP contribution in [0.5, 0.6) is 0 Å². The minimum Gasteiger partial charge on any atom is -0.477 e. The topological polar surface area (TPSA) is 122 Å². The predicted molar refractivity (Wildman–Crippen MR) is 66.1 cm³/mol. The molecule has 8 nitrogen and oxygen atoms in total. The number of hydrogen-bond donors (Lipinski definition) is 1. The van der Waals surface area contributed by atoms with Gasteiger partial charge in [0.25, 0.3) is 5.69 Å². The summed E-state index contributed by atoms with van der Waals surface area (Å²) < 4.78 is 1.21. The second kappa shape index (κ2) is 5.19. The molecule has 2 heterocycles. The zero-order valence-corrected chi connectivity index (χ0v) is 10.1. The van der Waals surface area contributed by atoms with Crippen molar-refractivity contribution in [3.8, 4) is 6.07 Å². The fraction of sp³-hybridized carbons (Fsp3) is 0.0833. The van der Waals surface area contributed by atoms with Crippen molar-refractivity contribution < 1.29 is 14.8 Å². The molecule has 0 saturated carbocycles. The quantitative estimate of drug-likeness (QED) is 0.663. The highest BCUT2D eigenvalue weighted by molar-refractivity contribution is 5.87. The molecular formula is C12H8N4O4. The van der Waals surface area contributed by atoms with Gasteiger partial charge in [-0.1, -0.05) is 6.07 Å². The van der Waals surface area contributed by atoms with Crippen molar-refractivity contribution in [1.29, 1.82) is 5.26 Å². The number of nitro groups is 1. The van der Waals surface area contributed by atoms with Crippen LogP contribution in [0.25, 0.3) is 0 Å². The molecule has 0 spiro atoms. The molecule has 2 aromatic heterocycles. The summed E-state index contributed by atoms with van der Waals surface area (Å²) in [5.41, 5.74) is 0.109. The van der Waals surface area contributed by atoms with Crippen LogP contribution in [-0.2, 0) is 6.54 Å². The molecule has 0 saturated heterocycles. The number of carboxylic acid groups (broad SMARTS) is 1. The molecule has 0 fully saturated rings. The Bertz CT molecular complexity index is 729. The van der Waals surface area contributed by atoms with E-state index >= 15 is 0 Å². The van der Waals surface area contributed by atoms with E-state index in [1.165, 1.54) is 10.8 Å². The molecule has 0 atom stereocenters. The number of nitrogens with zero attached hydrogens (tertiary/aromatic N) is 4. The van der Waals surface area contributed by atoms with Crippen LogP contribution in [0.15, 0.2) is 30.6 Å². The Hall–Kier alpha value is -3.21. The minimum atomic E-state index is -1.28. The van der Waals surface area contributed by atoms with Gasteiger partial charge in [0.05, 0.1) is 17.7 Å². The molecule has 2 rings (SSSR count). The van der Waals surface area contributed by atoms with E-state index in [1.54, 1.807) is 12.1 Å². The highest BCUT2D eigenvalue weighted by atomic mass is 16.6. The molecule has 0 aliphatic rings. The van der Waals surface area contributed by atoms with Gasteiger partial charge in [-0.25, -0.2) is 9.78 Å². The number of hydrogen-bond acceptors (Lipinski definition) is 5. The summed E-state index contributed by atoms with van der Waals surface area (Å²) in [6.07, 6.45) is 2.57. The van der Waals surface area contributed by atoms with Crippen LogP contribution in [0, 0.1) is 21.4 Å². The summed E-state index contributed by atoms with van der Waals surface area (Å²) in [6, 6.07) is 6.09. The summed E-state index contributed by atoms with van der Waals surface area (Å²) in [6.45, 7) is 0.0200. The Morgan fingerprint density at radius 1 is 1.60 bits per heavy atom. The summed E-state index contributed by atoms with van der Waals surface area (Å²) in [7, 11) is 0. The van der Waals surface area contributed by atoms with E-state index < -0.39 is 10.9 Å². The van der Waals surface area contributed by atoms with Crippen LogP contribution in [-0.4, -0.2) is 25.6 Å². The number of aromatic carboxylic acids is 1. The molecule has 8 heteroatoms. The largest absolute Gasteiger partial charge is 0.477 e. The first-order valence-electron chi connectivity index (χ1n) is 5.44. The maximum atomic E-state index is 11.1. The lowest BCUT2D eigenvalue weighted by atomic mass is 10.2. The lowest BCUT2D eigenvalue weighted by Crippen LogP contribution is -2.09. The van der Waals surface area contributed by atoms with Crippen LogP contribution >= 0.6 is 0 Å². The fourth-order valence-electron chi connectivity index (χ4n) is 1.76. The van der Waals surface area contributed by atoms with Crippen molar-refractivity contribution in [3.63, 3.8) is 0 Å². The molecule has 100 valence electrons. The molecule has 0 amide bonds. The van der Waals surface area contributed by atoms with Crippen LogP contribution < -0.4 is 0 Å². The Balaban J connectivity index is 2.45. The molecule has 0 bridgehead atoms. The Morgan fingerprint density at radius 2 is 2.35 bits per heavy atom. The monoisotopic (exact) mass is 272 g/mol. The highest BCUT2D eigenvalue weighted by Gasteiger charge is 2.19. The fourth-order valence-corrected chi connectivity index (χ4v) is 1.76. The van der Waals surface area contributed by atoms with Crippen LogP contribution in [0.4, 0.5) is 5.69 Å². The third-order valence-corrected chi connectivity index (χ3v) is 2.65. The van der Waals surface area contributed by atoms with Gasteiger partial charge in [0.1, 0.15) is 17.5 Å². The third-order valence-electron chi connectivity index (χ3n) is 2.65. The number of carbonyl (C=O) groups is 1. The van der Waals surface area contributed by atoms with Gasteiger partial charge in [0.2, 0.25) is 0 Å². The predicted octanol–water partition coefficient (Wildman–Crippen LogP) is 1.41. The summed E-state index contributed by atoms with van der Waals surface area (Å²) >= 11 is 0. The van der Waals surface area contributed by atoms with Gasteiger partial charge >= 0.3 is 5.97 Å². The molecule has 0 aliphatic carbocycles. The number of aromatic nitrogens is 2. The second-order valence-corrected chi connectivity index (χ2v) is 3.90. The first-order valence-corrected chi connectivity index (χ1v) is 5.44. The van der Waals surface area contributed by atoms with E-state index in [0.29, 0.717) is 5.56 Å². The van der Waals surface area contributed by atoms with Crippen molar-refractivity contribution in [2.45, 2.75) is 6.54 Å². The van der Waals surface area contributed by atoms with E-state index in [2.05, 4.69) is 4.98 Å². The standard InChI is InChI=1S/C12H8N4O4/c13-5-10-8(2-1-3-14-10)6-15-7-9(16(19)20)4-11(15)12(17)18/h1-4,7H,6H2,(H,17,18). The van der Waals surface area contributed by atoms with Gasteiger partial charge in [-0.15, -0.1) is 0 Å². The lowest BCUT2D eigenvalue weighted by Gasteiger charge is -2.06. The van der Waals surface area contributed by atoms with E-state index in [1.807, 2.05) is 6.07 Å². The van der Waals surface area contributed by atoms with Crippen molar-refractivity contribution in [2.24, 2.45) is 0 Å². The molecule has 0 unspecified atom stereocenters. The lowest BCUT2D eigenvalue weighted by molar-refractivity contribution is -0.384. The van der Waals surface area contributed by atoms with Gasteiger partial charge < -0.3 is 9.67 Å². The van der Waals surface area contributed by atoms with Gasteiger partial charge in [-0.3, -0.25) is 10.1 Å². The molecule has 2 aromatic rings. The van der Waals surface area contributed by atoms with E-state index in [-0.39, 0.29) is 23.6 Å². The summed E-state index contributed by atoms with van der Waals surface area (Å²) in [5, 5.41) is 28.7. The second-order valence-electron chi connectivity index (χ2n) is 3.90. The van der Waals surface area contributed by atoms with Crippen molar-refractivity contribution in [3.05, 3.63) is 57.7 Å². The molecule has 0 aliphatic heterocycles. The molecule has 1 N–H and O–H groups in total. The SMILES string of the molecule is N#Cc1ncccc1Cn1cc([N+](=O)[O-])cc1C(=O)O. The Kier molecular flexibility index (Phi) is 3.43. The van der Waals surface area contributed by atoms with Gasteiger partial charge in [-0.05, 0) is 6.07 Å². The number of nitriles is 1. The Labute approximate surface area is 112 Å². The summed E-state index contributed by atoms with van der Waals surface area (Å²) in [4.78, 5) is 25.0. The van der Waals surface area contributed by atoms with E-state index in [9.17, 15) is 14.9 Å². The smallest absolute Gasteiger partial charge is 0.352 e. The molecule has 0 aromatic carbocycles. The number of carboxylic acids is 1. The first kappa shape index (κ1) is 13.2. The Morgan fingerprint density at radius 3 is 2.95 bits per heavy atom. The minimum absolute atomic E-state index is 0.0200. The molecular weight excluding hydrogens is 264 g/mol. The normalized spacial score (nSPS) is 9.95. The average molecular weight is 272 g/mol. The van der Waals surface area contributed by atoms with Crippen molar-refractivity contribution in [2.75, 3.05) is 0 Å². The highest BCUT2D eigenvalue weighted by Crippen LogP contribution is 2.18. The average Bonchev–Trinajstić information content (AvgIpc) is 2.84. The van der Waals surface area contributed by atoms with E-state index in [4.69, 9.17) is 10.4 Å². The van der Waals surface area contributed by atoms with Crippen LogP contribution in [0.2, 0.25) is 0 Å². The number of rotatable bonds is 4. The van der Waals surface area contributed by atoms with E-state index in [0.717, 1.165) is 12.3 Å². The van der Waals surface area contributed by atoms with Crippen LogP contribution in [0.1, 0.15) is 21.7 Å². The zero-order valence-electron chi connectivity index (χ0n) is 10.1. The van der Waals surface area contributed by atoms with Gasteiger partial charge in [0.15, 0.2) is 0 Å². The molecule has 20 heavy (non-hydrogen) atoms. The summed E-state index contributed by atoms with van der Waals surface area (Å²) in [5.74, 6) is -1.28. The van der Waals surface area contributed by atoms with Crippen molar-refractivity contribution >= 4 is 11.7 Å². The van der Waals surface area contributed by atoms with Crippen molar-refractivity contribution in [1.82, 2.24) is 9.55 Å².